The molecule has 3 rings (SSSR count). The molecule has 6 nitrogen and oxygen atoms in total. The van der Waals surface area contributed by atoms with Crippen LogP contribution in [0.1, 0.15) is 50.5 Å². The zero-order valence-corrected chi connectivity index (χ0v) is 17.0. The molecule has 30 heavy (non-hydrogen) atoms. The molecule has 0 radical (unpaired) electrons. The Morgan fingerprint density at radius 3 is 2.13 bits per heavy atom. The van der Waals surface area contributed by atoms with Crippen molar-refractivity contribution in [3.63, 3.8) is 0 Å². The van der Waals surface area contributed by atoms with Gasteiger partial charge in [0.1, 0.15) is 5.75 Å². The number of hydrogen-bond donors (Lipinski definition) is 2. The van der Waals surface area contributed by atoms with E-state index in [1.54, 1.807) is 24.3 Å². The largest absolute Gasteiger partial charge is 0.484 e. The molecular formula is C24H27N3O3. The maximum atomic E-state index is 11.9. The summed E-state index contributed by atoms with van der Waals surface area (Å²) in [7, 11) is 0. The SMILES string of the molecule is N#Cc1ccc(-c2ccc(OCC(=O)NNC(=O)CCC3CCCCC3)cc2)cc1. The van der Waals surface area contributed by atoms with Crippen LogP contribution in [0.2, 0.25) is 0 Å². The summed E-state index contributed by atoms with van der Waals surface area (Å²) < 4.78 is 5.48. The maximum Gasteiger partial charge on any atom is 0.276 e. The fourth-order valence-electron chi connectivity index (χ4n) is 3.68. The van der Waals surface area contributed by atoms with Gasteiger partial charge in [-0.05, 0) is 47.7 Å². The van der Waals surface area contributed by atoms with Crippen LogP contribution in [-0.2, 0) is 9.59 Å². The third kappa shape index (κ3) is 6.63. The van der Waals surface area contributed by atoms with Crippen LogP contribution in [0, 0.1) is 17.2 Å². The molecule has 0 saturated heterocycles. The third-order valence-electron chi connectivity index (χ3n) is 5.42. The number of amides is 2. The molecule has 0 spiro atoms. The third-order valence-corrected chi connectivity index (χ3v) is 5.42. The first kappa shape index (κ1) is 21.4. The normalized spacial score (nSPS) is 13.8. The Hall–Kier alpha value is -3.33. The summed E-state index contributed by atoms with van der Waals surface area (Å²) in [6.07, 6.45) is 7.54. The number of carbonyl (C=O) groups is 2. The quantitative estimate of drug-likeness (QED) is 0.678. The molecule has 0 aliphatic heterocycles. The summed E-state index contributed by atoms with van der Waals surface area (Å²) in [5, 5.41) is 8.87. The van der Waals surface area contributed by atoms with E-state index in [1.807, 2.05) is 24.3 Å². The average molecular weight is 405 g/mol. The zero-order valence-electron chi connectivity index (χ0n) is 17.0. The first-order valence-corrected chi connectivity index (χ1v) is 10.4. The average Bonchev–Trinajstić information content (AvgIpc) is 2.81. The van der Waals surface area contributed by atoms with Crippen molar-refractivity contribution in [1.82, 2.24) is 10.9 Å². The van der Waals surface area contributed by atoms with Crippen molar-refractivity contribution in [3.8, 4) is 22.9 Å². The van der Waals surface area contributed by atoms with Crippen molar-refractivity contribution in [2.75, 3.05) is 6.61 Å². The van der Waals surface area contributed by atoms with E-state index in [4.69, 9.17) is 10.00 Å². The molecule has 0 heterocycles. The van der Waals surface area contributed by atoms with Crippen molar-refractivity contribution in [2.45, 2.75) is 44.9 Å². The Morgan fingerprint density at radius 2 is 1.50 bits per heavy atom. The van der Waals surface area contributed by atoms with Gasteiger partial charge in [-0.3, -0.25) is 20.4 Å². The Bertz CT molecular complexity index is 879. The fourth-order valence-corrected chi connectivity index (χ4v) is 3.68. The van der Waals surface area contributed by atoms with Crippen molar-refractivity contribution in [1.29, 1.82) is 5.26 Å². The molecule has 1 saturated carbocycles. The second kappa shape index (κ2) is 11.0. The van der Waals surface area contributed by atoms with Crippen LogP contribution in [-0.4, -0.2) is 18.4 Å². The Morgan fingerprint density at radius 1 is 0.900 bits per heavy atom. The smallest absolute Gasteiger partial charge is 0.276 e. The van der Waals surface area contributed by atoms with Crippen LogP contribution in [0.3, 0.4) is 0 Å². The van der Waals surface area contributed by atoms with Crippen LogP contribution in [0.25, 0.3) is 11.1 Å². The molecule has 1 fully saturated rings. The van der Waals surface area contributed by atoms with Gasteiger partial charge in [-0.15, -0.1) is 0 Å². The summed E-state index contributed by atoms with van der Waals surface area (Å²) in [6, 6.07) is 16.8. The topological polar surface area (TPSA) is 91.2 Å². The van der Waals surface area contributed by atoms with Gasteiger partial charge in [0.25, 0.3) is 5.91 Å². The number of rotatable bonds is 7. The number of hydrogen-bond acceptors (Lipinski definition) is 4. The van der Waals surface area contributed by atoms with Gasteiger partial charge in [0, 0.05) is 6.42 Å². The van der Waals surface area contributed by atoms with E-state index >= 15 is 0 Å². The van der Waals surface area contributed by atoms with Gasteiger partial charge in [-0.2, -0.15) is 5.26 Å². The van der Waals surface area contributed by atoms with Gasteiger partial charge in [-0.25, -0.2) is 0 Å². The van der Waals surface area contributed by atoms with Crippen LogP contribution >= 0.6 is 0 Å². The van der Waals surface area contributed by atoms with E-state index < -0.39 is 5.91 Å². The molecule has 0 aromatic heterocycles. The Balaban J connectivity index is 1.36. The number of hydrazine groups is 1. The minimum absolute atomic E-state index is 0.166. The Kier molecular flexibility index (Phi) is 7.85. The van der Waals surface area contributed by atoms with Crippen LogP contribution in [0.4, 0.5) is 0 Å². The summed E-state index contributed by atoms with van der Waals surface area (Å²) >= 11 is 0. The number of nitrogens with zero attached hydrogens (tertiary/aromatic N) is 1. The molecule has 0 unspecified atom stereocenters. The predicted octanol–water partition coefficient (Wildman–Crippen LogP) is 4.11. The fraction of sp³-hybridized carbons (Fsp3) is 0.375. The van der Waals surface area contributed by atoms with Crippen molar-refractivity contribution in [2.24, 2.45) is 5.92 Å². The molecule has 1 aliphatic carbocycles. The van der Waals surface area contributed by atoms with E-state index in [9.17, 15) is 9.59 Å². The molecule has 0 atom stereocenters. The maximum absolute atomic E-state index is 11.9. The van der Waals surface area contributed by atoms with Gasteiger partial charge >= 0.3 is 0 Å². The first-order chi connectivity index (χ1) is 14.6. The molecule has 2 aromatic carbocycles. The van der Waals surface area contributed by atoms with Gasteiger partial charge < -0.3 is 4.74 Å². The van der Waals surface area contributed by atoms with E-state index in [-0.39, 0.29) is 12.5 Å². The molecular weight excluding hydrogens is 378 g/mol. The predicted molar refractivity (Wildman–Crippen MR) is 114 cm³/mol. The number of nitrogens with one attached hydrogen (secondary N) is 2. The van der Waals surface area contributed by atoms with Gasteiger partial charge in [0.15, 0.2) is 6.61 Å². The lowest BCUT2D eigenvalue weighted by atomic mass is 9.86. The summed E-state index contributed by atoms with van der Waals surface area (Å²) in [5.74, 6) is 0.625. The summed E-state index contributed by atoms with van der Waals surface area (Å²) in [6.45, 7) is -0.181. The first-order valence-electron chi connectivity index (χ1n) is 10.4. The second-order valence-corrected chi connectivity index (χ2v) is 7.64. The molecule has 2 aromatic rings. The second-order valence-electron chi connectivity index (χ2n) is 7.64. The van der Waals surface area contributed by atoms with Crippen molar-refractivity contribution in [3.05, 3.63) is 54.1 Å². The van der Waals surface area contributed by atoms with E-state index in [0.717, 1.165) is 17.5 Å². The van der Waals surface area contributed by atoms with E-state index in [0.29, 0.717) is 23.7 Å². The standard InChI is InChI=1S/C24H27N3O3/c25-16-19-6-9-20(10-7-19)21-11-13-22(14-12-21)30-17-24(29)27-26-23(28)15-8-18-4-2-1-3-5-18/h6-7,9-14,18H,1-5,8,15,17H2,(H,26,28)(H,27,29). The summed E-state index contributed by atoms with van der Waals surface area (Å²) in [4.78, 5) is 23.8. The lowest BCUT2D eigenvalue weighted by molar-refractivity contribution is -0.130. The molecule has 1 aliphatic rings. The molecule has 6 heteroatoms. The highest BCUT2D eigenvalue weighted by Gasteiger charge is 2.15. The van der Waals surface area contributed by atoms with Gasteiger partial charge in [0.05, 0.1) is 11.6 Å². The van der Waals surface area contributed by atoms with E-state index in [1.165, 1.54) is 32.1 Å². The minimum atomic E-state index is -0.405. The van der Waals surface area contributed by atoms with Gasteiger partial charge in [-0.1, -0.05) is 56.4 Å². The molecule has 156 valence electrons. The van der Waals surface area contributed by atoms with Crippen LogP contribution in [0.15, 0.2) is 48.5 Å². The lowest BCUT2D eigenvalue weighted by Crippen LogP contribution is -2.43. The zero-order chi connectivity index (χ0) is 21.2. The minimum Gasteiger partial charge on any atom is -0.484 e. The number of nitriles is 1. The van der Waals surface area contributed by atoms with Crippen molar-refractivity contribution >= 4 is 11.8 Å². The molecule has 2 amide bonds. The number of carbonyl (C=O) groups excluding carboxylic acids is 2. The molecule has 2 N–H and O–H groups in total. The van der Waals surface area contributed by atoms with Gasteiger partial charge in [0.2, 0.25) is 5.91 Å². The summed E-state index contributed by atoms with van der Waals surface area (Å²) in [5.41, 5.74) is 7.45. The lowest BCUT2D eigenvalue weighted by Gasteiger charge is -2.21. The van der Waals surface area contributed by atoms with E-state index in [2.05, 4.69) is 16.9 Å². The van der Waals surface area contributed by atoms with Crippen molar-refractivity contribution < 1.29 is 14.3 Å². The van der Waals surface area contributed by atoms with Crippen LogP contribution in [0.5, 0.6) is 5.75 Å². The monoisotopic (exact) mass is 405 g/mol. The number of benzene rings is 2. The number of ether oxygens (including phenoxy) is 1. The highest BCUT2D eigenvalue weighted by molar-refractivity contribution is 5.82. The highest BCUT2D eigenvalue weighted by Crippen LogP contribution is 2.27. The molecule has 0 bridgehead atoms. The Labute approximate surface area is 177 Å². The van der Waals surface area contributed by atoms with Crippen LogP contribution < -0.4 is 15.6 Å². The highest BCUT2D eigenvalue weighted by atomic mass is 16.5.